The average molecular weight is 364 g/mol. The normalized spacial score (nSPS) is 29.6. The summed E-state index contributed by atoms with van der Waals surface area (Å²) in [6.07, 6.45) is 9.07. The fourth-order valence-corrected chi connectivity index (χ4v) is 4.55. The van der Waals surface area contributed by atoms with Crippen LogP contribution in [-0.4, -0.2) is 56.4 Å². The van der Waals surface area contributed by atoms with Gasteiger partial charge in [-0.05, 0) is 31.2 Å². The number of nitrogens with one attached hydrogen (secondary N) is 1. The van der Waals surface area contributed by atoms with Crippen molar-refractivity contribution in [3.8, 4) is 6.07 Å². The molecule has 0 radical (unpaired) electrons. The van der Waals surface area contributed by atoms with E-state index in [1.807, 2.05) is 25.5 Å². The summed E-state index contributed by atoms with van der Waals surface area (Å²) in [4.78, 5) is 14.1. The lowest BCUT2D eigenvalue weighted by atomic mass is 10.1. The SMILES string of the molecule is Cn1cc(Nc2nccc(N3C[C@H]4CC[C@@H](C3)N4CC3CC3C#N)n2)cn1. The predicted molar refractivity (Wildman–Crippen MR) is 101 cm³/mol. The van der Waals surface area contributed by atoms with Crippen molar-refractivity contribution in [3.63, 3.8) is 0 Å². The standard InChI is InChI=1S/C19H24N8/c1-25-10-15(8-22-25)23-19-21-5-4-18(24-19)26-11-16-2-3-17(12-26)27(16)9-14-6-13(14)7-20/h4-5,8,10,13-14,16-17H,2-3,6,9,11-12H2,1H3,(H,21,23,24)/t13?,14?,16-,17+. The number of fused-ring (bicyclic) bond motifs is 2. The molecular weight excluding hydrogens is 340 g/mol. The van der Waals surface area contributed by atoms with Gasteiger partial charge in [0.25, 0.3) is 0 Å². The Bertz CT molecular complexity index is 857. The largest absolute Gasteiger partial charge is 0.353 e. The molecule has 0 spiro atoms. The van der Waals surface area contributed by atoms with Crippen molar-refractivity contribution < 1.29 is 0 Å². The molecule has 2 aromatic rings. The molecule has 1 saturated carbocycles. The van der Waals surface area contributed by atoms with Crippen LogP contribution in [-0.2, 0) is 7.05 Å². The van der Waals surface area contributed by atoms with Crippen molar-refractivity contribution in [3.05, 3.63) is 24.7 Å². The van der Waals surface area contributed by atoms with Gasteiger partial charge in [-0.25, -0.2) is 4.98 Å². The lowest BCUT2D eigenvalue weighted by molar-refractivity contribution is 0.160. The summed E-state index contributed by atoms with van der Waals surface area (Å²) in [5.41, 5.74) is 0.885. The van der Waals surface area contributed by atoms with E-state index in [0.717, 1.165) is 37.6 Å². The molecule has 4 heterocycles. The van der Waals surface area contributed by atoms with Crippen LogP contribution in [0.2, 0.25) is 0 Å². The summed E-state index contributed by atoms with van der Waals surface area (Å²) in [5.74, 6) is 2.48. The van der Waals surface area contributed by atoms with Gasteiger partial charge in [-0.1, -0.05) is 0 Å². The van der Waals surface area contributed by atoms with E-state index in [9.17, 15) is 0 Å². The van der Waals surface area contributed by atoms with Gasteiger partial charge in [0.05, 0.1) is 23.9 Å². The molecule has 2 saturated heterocycles. The van der Waals surface area contributed by atoms with Gasteiger partial charge in [0.1, 0.15) is 5.82 Å². The molecule has 5 rings (SSSR count). The van der Waals surface area contributed by atoms with E-state index >= 15 is 0 Å². The number of aryl methyl sites for hydroxylation is 1. The minimum Gasteiger partial charge on any atom is -0.353 e. The molecule has 2 aromatic heterocycles. The Hall–Kier alpha value is -2.66. The summed E-state index contributed by atoms with van der Waals surface area (Å²) in [6, 6.07) is 5.57. The number of hydrogen-bond donors (Lipinski definition) is 1. The van der Waals surface area contributed by atoms with Crippen LogP contribution in [0.1, 0.15) is 19.3 Å². The van der Waals surface area contributed by atoms with Crippen molar-refractivity contribution in [1.29, 1.82) is 5.26 Å². The minimum atomic E-state index is 0.297. The predicted octanol–water partition coefficient (Wildman–Crippen LogP) is 1.77. The molecule has 0 amide bonds. The molecular formula is C19H24N8. The monoisotopic (exact) mass is 364 g/mol. The van der Waals surface area contributed by atoms with Crippen LogP contribution in [0.3, 0.4) is 0 Å². The molecule has 2 unspecified atom stereocenters. The number of anilines is 3. The highest BCUT2D eigenvalue weighted by Gasteiger charge is 2.45. The van der Waals surface area contributed by atoms with E-state index in [0.29, 0.717) is 29.9 Å². The Morgan fingerprint density at radius 1 is 1.30 bits per heavy atom. The lowest BCUT2D eigenvalue weighted by Crippen LogP contribution is -2.54. The molecule has 3 aliphatic rings. The molecule has 2 aliphatic heterocycles. The molecule has 8 heteroatoms. The minimum absolute atomic E-state index is 0.297. The molecule has 4 atom stereocenters. The first-order valence-corrected chi connectivity index (χ1v) is 9.68. The van der Waals surface area contributed by atoms with Gasteiger partial charge in [-0.2, -0.15) is 15.3 Å². The Kier molecular flexibility index (Phi) is 3.97. The second-order valence-electron chi connectivity index (χ2n) is 7.98. The third-order valence-electron chi connectivity index (χ3n) is 6.09. The fraction of sp³-hybridized carbons (Fsp3) is 0.579. The maximum atomic E-state index is 9.08. The maximum absolute atomic E-state index is 9.08. The second-order valence-corrected chi connectivity index (χ2v) is 7.98. The number of piperazine rings is 1. The number of nitriles is 1. The molecule has 8 nitrogen and oxygen atoms in total. The third-order valence-corrected chi connectivity index (χ3v) is 6.09. The van der Waals surface area contributed by atoms with Gasteiger partial charge in [0.2, 0.25) is 5.95 Å². The summed E-state index contributed by atoms with van der Waals surface area (Å²) in [6.45, 7) is 3.10. The molecule has 2 bridgehead atoms. The first-order valence-electron chi connectivity index (χ1n) is 9.68. The van der Waals surface area contributed by atoms with Gasteiger partial charge >= 0.3 is 0 Å². The van der Waals surface area contributed by atoms with E-state index in [1.165, 1.54) is 12.8 Å². The summed E-state index contributed by atoms with van der Waals surface area (Å²) in [7, 11) is 1.89. The Morgan fingerprint density at radius 2 is 2.11 bits per heavy atom. The number of aromatic nitrogens is 4. The summed E-state index contributed by atoms with van der Waals surface area (Å²) >= 11 is 0. The first kappa shape index (κ1) is 16.5. The van der Waals surface area contributed by atoms with E-state index < -0.39 is 0 Å². The van der Waals surface area contributed by atoms with Gasteiger partial charge < -0.3 is 10.2 Å². The zero-order valence-electron chi connectivity index (χ0n) is 15.5. The maximum Gasteiger partial charge on any atom is 0.229 e. The first-order chi connectivity index (χ1) is 13.2. The topological polar surface area (TPSA) is 85.9 Å². The smallest absolute Gasteiger partial charge is 0.229 e. The van der Waals surface area contributed by atoms with Crippen LogP contribution in [0, 0.1) is 23.2 Å². The number of hydrogen-bond acceptors (Lipinski definition) is 7. The lowest BCUT2D eigenvalue weighted by Gasteiger charge is -2.41. The Labute approximate surface area is 158 Å². The van der Waals surface area contributed by atoms with E-state index in [4.69, 9.17) is 10.2 Å². The number of nitrogens with zero attached hydrogens (tertiary/aromatic N) is 7. The average Bonchev–Trinajstić information content (AvgIpc) is 3.25. The summed E-state index contributed by atoms with van der Waals surface area (Å²) < 4.78 is 1.75. The van der Waals surface area contributed by atoms with Gasteiger partial charge in [-0.15, -0.1) is 0 Å². The molecule has 1 N–H and O–H groups in total. The van der Waals surface area contributed by atoms with E-state index in [2.05, 4.69) is 31.3 Å². The van der Waals surface area contributed by atoms with Gasteiger partial charge in [0.15, 0.2) is 0 Å². The van der Waals surface area contributed by atoms with Crippen LogP contribution < -0.4 is 10.2 Å². The fourth-order valence-electron chi connectivity index (χ4n) is 4.55. The quantitative estimate of drug-likeness (QED) is 0.865. The van der Waals surface area contributed by atoms with E-state index in [-0.39, 0.29) is 0 Å². The highest BCUT2D eigenvalue weighted by Crippen LogP contribution is 2.42. The molecule has 3 fully saturated rings. The Morgan fingerprint density at radius 3 is 2.78 bits per heavy atom. The molecule has 0 aromatic carbocycles. The zero-order chi connectivity index (χ0) is 18.4. The summed E-state index contributed by atoms with van der Waals surface area (Å²) in [5, 5.41) is 16.5. The van der Waals surface area contributed by atoms with Crippen molar-refractivity contribution in [2.45, 2.75) is 31.3 Å². The van der Waals surface area contributed by atoms with Crippen LogP contribution in [0.15, 0.2) is 24.7 Å². The van der Waals surface area contributed by atoms with Crippen LogP contribution >= 0.6 is 0 Å². The number of rotatable bonds is 5. The second kappa shape index (κ2) is 6.50. The van der Waals surface area contributed by atoms with Gasteiger partial charge in [-0.3, -0.25) is 9.58 Å². The highest BCUT2D eigenvalue weighted by atomic mass is 15.4. The van der Waals surface area contributed by atoms with Crippen LogP contribution in [0.25, 0.3) is 0 Å². The molecule has 140 valence electrons. The zero-order valence-corrected chi connectivity index (χ0v) is 15.5. The van der Waals surface area contributed by atoms with Crippen molar-refractivity contribution >= 4 is 17.5 Å². The van der Waals surface area contributed by atoms with Crippen molar-refractivity contribution in [2.75, 3.05) is 29.9 Å². The van der Waals surface area contributed by atoms with E-state index in [1.54, 1.807) is 10.9 Å². The molecule has 27 heavy (non-hydrogen) atoms. The van der Waals surface area contributed by atoms with Crippen molar-refractivity contribution in [2.24, 2.45) is 18.9 Å². The molecule has 1 aliphatic carbocycles. The highest BCUT2D eigenvalue weighted by molar-refractivity contribution is 5.53. The van der Waals surface area contributed by atoms with Crippen molar-refractivity contribution in [1.82, 2.24) is 24.6 Å². The van der Waals surface area contributed by atoms with Crippen LogP contribution in [0.4, 0.5) is 17.5 Å². The van der Waals surface area contributed by atoms with Crippen LogP contribution in [0.5, 0.6) is 0 Å². The van der Waals surface area contributed by atoms with Gasteiger partial charge in [0, 0.05) is 51.2 Å². The third kappa shape index (κ3) is 3.23. The Balaban J connectivity index is 1.26.